The molecule has 0 saturated carbocycles. The molecule has 14 heavy (non-hydrogen) atoms. The van der Waals surface area contributed by atoms with Crippen LogP contribution in [-0.4, -0.2) is 24.1 Å². The fourth-order valence-electron chi connectivity index (χ4n) is 0.642. The highest BCUT2D eigenvalue weighted by Crippen LogP contribution is 1.85. The van der Waals surface area contributed by atoms with E-state index in [0.29, 0.717) is 0 Å². The maximum absolute atomic E-state index is 10.9. The van der Waals surface area contributed by atoms with Gasteiger partial charge in [0.05, 0.1) is 0 Å². The molecule has 6 heteroatoms. The number of hydrogen-bond acceptors (Lipinski definition) is 2. The SMILES string of the molecule is CC(C)NC(=O)N=NC(=O)NC(C)C. The second kappa shape index (κ2) is 6.06. The highest BCUT2D eigenvalue weighted by atomic mass is 16.2. The van der Waals surface area contributed by atoms with E-state index in [2.05, 4.69) is 20.9 Å². The molecule has 0 rings (SSSR count). The lowest BCUT2D eigenvalue weighted by Crippen LogP contribution is -2.29. The van der Waals surface area contributed by atoms with Gasteiger partial charge in [-0.2, -0.15) is 0 Å². The van der Waals surface area contributed by atoms with Crippen LogP contribution in [0.1, 0.15) is 27.7 Å². The molecule has 0 heterocycles. The Morgan fingerprint density at radius 1 is 0.857 bits per heavy atom. The average Bonchev–Trinajstić information content (AvgIpc) is 1.98. The van der Waals surface area contributed by atoms with Crippen molar-refractivity contribution in [2.24, 2.45) is 10.2 Å². The third kappa shape index (κ3) is 7.20. The Morgan fingerprint density at radius 3 is 1.36 bits per heavy atom. The molecule has 0 aromatic carbocycles. The zero-order valence-corrected chi connectivity index (χ0v) is 8.87. The summed E-state index contributed by atoms with van der Waals surface area (Å²) in [6, 6.07) is -1.26. The van der Waals surface area contributed by atoms with Gasteiger partial charge in [-0.15, -0.1) is 0 Å². The molecular weight excluding hydrogens is 184 g/mol. The lowest BCUT2D eigenvalue weighted by atomic mass is 10.4. The first kappa shape index (κ1) is 12.5. The molecule has 0 saturated heterocycles. The fourth-order valence-corrected chi connectivity index (χ4v) is 0.642. The zero-order valence-electron chi connectivity index (χ0n) is 8.87. The summed E-state index contributed by atoms with van der Waals surface area (Å²) in [7, 11) is 0. The number of carbonyl (C=O) groups excluding carboxylic acids is 2. The molecule has 0 aromatic heterocycles. The first-order chi connectivity index (χ1) is 6.41. The summed E-state index contributed by atoms with van der Waals surface area (Å²) in [5, 5.41) is 11.3. The van der Waals surface area contributed by atoms with Crippen molar-refractivity contribution in [2.75, 3.05) is 0 Å². The van der Waals surface area contributed by atoms with E-state index < -0.39 is 12.1 Å². The minimum absolute atomic E-state index is 0.0189. The van der Waals surface area contributed by atoms with Crippen molar-refractivity contribution >= 4 is 12.1 Å². The van der Waals surface area contributed by atoms with E-state index in [1.807, 2.05) is 0 Å². The average molecular weight is 200 g/mol. The molecule has 2 N–H and O–H groups in total. The van der Waals surface area contributed by atoms with Crippen molar-refractivity contribution in [3.63, 3.8) is 0 Å². The van der Waals surface area contributed by atoms with Crippen LogP contribution < -0.4 is 10.6 Å². The Balaban J connectivity index is 3.92. The molecule has 0 bridgehead atoms. The number of urea groups is 2. The van der Waals surface area contributed by atoms with E-state index in [4.69, 9.17) is 0 Å². The maximum atomic E-state index is 10.9. The Labute approximate surface area is 83.2 Å². The number of nitrogens with zero attached hydrogens (tertiary/aromatic N) is 2. The van der Waals surface area contributed by atoms with Gasteiger partial charge in [0.25, 0.3) is 0 Å². The van der Waals surface area contributed by atoms with Crippen LogP contribution in [0.15, 0.2) is 10.2 Å². The highest BCUT2D eigenvalue weighted by Gasteiger charge is 2.03. The van der Waals surface area contributed by atoms with Gasteiger partial charge in [-0.1, -0.05) is 10.2 Å². The van der Waals surface area contributed by atoms with Gasteiger partial charge in [0, 0.05) is 12.1 Å². The Hall–Kier alpha value is -1.46. The third-order valence-corrected chi connectivity index (χ3v) is 1.06. The van der Waals surface area contributed by atoms with E-state index in [1.165, 1.54) is 0 Å². The van der Waals surface area contributed by atoms with Gasteiger partial charge in [-0.05, 0) is 27.7 Å². The molecule has 4 amide bonds. The number of carbonyl (C=O) groups is 2. The van der Waals surface area contributed by atoms with Gasteiger partial charge < -0.3 is 10.6 Å². The number of amides is 4. The minimum Gasteiger partial charge on any atom is -0.333 e. The normalized spacial score (nSPS) is 11.0. The standard InChI is InChI=1S/C8H16N4O2/c1-5(2)9-7(13)11-12-8(14)10-6(3)4/h5-6H,1-4H3,(H,9,13)(H,10,14). The topological polar surface area (TPSA) is 82.9 Å². The lowest BCUT2D eigenvalue weighted by Gasteiger charge is -2.04. The van der Waals surface area contributed by atoms with Crippen molar-refractivity contribution in [3.05, 3.63) is 0 Å². The predicted octanol–water partition coefficient (Wildman–Crippen LogP) is 1.67. The van der Waals surface area contributed by atoms with Gasteiger partial charge in [0.2, 0.25) is 0 Å². The fraction of sp³-hybridized carbons (Fsp3) is 0.750. The lowest BCUT2D eigenvalue weighted by molar-refractivity contribution is 0.238. The molecule has 80 valence electrons. The summed E-state index contributed by atoms with van der Waals surface area (Å²) < 4.78 is 0. The molecule has 0 radical (unpaired) electrons. The number of rotatable bonds is 2. The van der Waals surface area contributed by atoms with Crippen LogP contribution in [0.2, 0.25) is 0 Å². The molecule has 0 spiro atoms. The molecule has 0 aliphatic rings. The molecular formula is C8H16N4O2. The van der Waals surface area contributed by atoms with E-state index in [-0.39, 0.29) is 12.1 Å². The molecule has 6 nitrogen and oxygen atoms in total. The van der Waals surface area contributed by atoms with E-state index >= 15 is 0 Å². The van der Waals surface area contributed by atoms with E-state index in [1.54, 1.807) is 27.7 Å². The molecule has 0 atom stereocenters. The van der Waals surface area contributed by atoms with Gasteiger partial charge >= 0.3 is 12.1 Å². The smallest absolute Gasteiger partial charge is 0.333 e. The van der Waals surface area contributed by atoms with Gasteiger partial charge in [0.15, 0.2) is 0 Å². The maximum Gasteiger partial charge on any atom is 0.359 e. The third-order valence-electron chi connectivity index (χ3n) is 1.06. The Kier molecular flexibility index (Phi) is 5.43. The van der Waals surface area contributed by atoms with Crippen LogP contribution in [0.5, 0.6) is 0 Å². The zero-order chi connectivity index (χ0) is 11.1. The molecule has 0 aliphatic heterocycles. The van der Waals surface area contributed by atoms with Crippen molar-refractivity contribution in [1.29, 1.82) is 0 Å². The summed E-state index contributed by atoms with van der Waals surface area (Å²) in [4.78, 5) is 21.8. The van der Waals surface area contributed by atoms with Crippen molar-refractivity contribution in [3.8, 4) is 0 Å². The number of azo groups is 1. The van der Waals surface area contributed by atoms with Crippen LogP contribution in [0, 0.1) is 0 Å². The Bertz CT molecular complexity index is 211. The molecule has 0 aliphatic carbocycles. The van der Waals surface area contributed by atoms with Crippen molar-refractivity contribution < 1.29 is 9.59 Å². The highest BCUT2D eigenvalue weighted by molar-refractivity contribution is 5.79. The number of nitrogens with one attached hydrogen (secondary N) is 2. The number of hydrogen-bond donors (Lipinski definition) is 2. The van der Waals surface area contributed by atoms with E-state index in [0.717, 1.165) is 0 Å². The quantitative estimate of drug-likeness (QED) is 0.664. The Morgan fingerprint density at radius 2 is 1.14 bits per heavy atom. The summed E-state index contributed by atoms with van der Waals surface area (Å²) >= 11 is 0. The molecule has 0 unspecified atom stereocenters. The van der Waals surface area contributed by atoms with Crippen molar-refractivity contribution in [2.45, 2.75) is 39.8 Å². The van der Waals surface area contributed by atoms with Crippen LogP contribution in [0.4, 0.5) is 9.59 Å². The second-order valence-electron chi connectivity index (χ2n) is 3.41. The van der Waals surface area contributed by atoms with Crippen LogP contribution >= 0.6 is 0 Å². The summed E-state index contributed by atoms with van der Waals surface area (Å²) in [5.41, 5.74) is 0. The largest absolute Gasteiger partial charge is 0.359 e. The van der Waals surface area contributed by atoms with Crippen LogP contribution in [0.3, 0.4) is 0 Å². The van der Waals surface area contributed by atoms with Gasteiger partial charge in [0.1, 0.15) is 0 Å². The van der Waals surface area contributed by atoms with Crippen LogP contribution in [-0.2, 0) is 0 Å². The van der Waals surface area contributed by atoms with Crippen LogP contribution in [0.25, 0.3) is 0 Å². The minimum atomic E-state index is -0.612. The summed E-state index contributed by atoms with van der Waals surface area (Å²) in [6.45, 7) is 7.17. The molecule has 0 fully saturated rings. The molecule has 0 aromatic rings. The van der Waals surface area contributed by atoms with Crippen molar-refractivity contribution in [1.82, 2.24) is 10.6 Å². The summed E-state index contributed by atoms with van der Waals surface area (Å²) in [5.74, 6) is 0. The van der Waals surface area contributed by atoms with E-state index in [9.17, 15) is 9.59 Å². The monoisotopic (exact) mass is 200 g/mol. The van der Waals surface area contributed by atoms with Gasteiger partial charge in [-0.25, -0.2) is 9.59 Å². The predicted molar refractivity (Wildman–Crippen MR) is 52.2 cm³/mol. The first-order valence-corrected chi connectivity index (χ1v) is 4.44. The first-order valence-electron chi connectivity index (χ1n) is 4.44. The van der Waals surface area contributed by atoms with Gasteiger partial charge in [-0.3, -0.25) is 0 Å². The summed E-state index contributed by atoms with van der Waals surface area (Å²) in [6.07, 6.45) is 0. The second-order valence-corrected chi connectivity index (χ2v) is 3.41.